The first-order chi connectivity index (χ1) is 7.27. The molecule has 1 fully saturated rings. The van der Waals surface area contributed by atoms with E-state index in [9.17, 15) is 0 Å². The van der Waals surface area contributed by atoms with Gasteiger partial charge in [0, 0.05) is 5.25 Å². The van der Waals surface area contributed by atoms with Crippen LogP contribution >= 0.6 is 23.4 Å². The summed E-state index contributed by atoms with van der Waals surface area (Å²) in [5.41, 5.74) is 0. The maximum absolute atomic E-state index is 6.00. The van der Waals surface area contributed by atoms with Crippen molar-refractivity contribution in [2.24, 2.45) is 0 Å². The quantitative estimate of drug-likeness (QED) is 0.768. The number of hydrogen-bond donors (Lipinski definition) is 0. The van der Waals surface area contributed by atoms with Gasteiger partial charge in [-0.1, -0.05) is 6.42 Å². The van der Waals surface area contributed by atoms with Gasteiger partial charge in [-0.25, -0.2) is 4.68 Å². The first kappa shape index (κ1) is 11.2. The van der Waals surface area contributed by atoms with Crippen molar-refractivity contribution in [3.8, 4) is 0 Å². The Morgan fingerprint density at radius 2 is 2.47 bits per heavy atom. The molecule has 1 aromatic heterocycles. The summed E-state index contributed by atoms with van der Waals surface area (Å²) in [5, 5.41) is 12.1. The van der Waals surface area contributed by atoms with Gasteiger partial charge in [-0.05, 0) is 35.9 Å². The Morgan fingerprint density at radius 1 is 1.60 bits per heavy atom. The van der Waals surface area contributed by atoms with Crippen molar-refractivity contribution in [1.29, 1.82) is 0 Å². The Morgan fingerprint density at radius 3 is 3.13 bits per heavy atom. The minimum absolute atomic E-state index is 0.117. The highest BCUT2D eigenvalue weighted by Gasteiger charge is 2.18. The average Bonchev–Trinajstić information content (AvgIpc) is 2.67. The summed E-state index contributed by atoms with van der Waals surface area (Å²) in [6.07, 6.45) is 3.93. The van der Waals surface area contributed by atoms with Crippen LogP contribution < -0.4 is 0 Å². The second-order valence-corrected chi connectivity index (χ2v) is 5.89. The first-order valence-corrected chi connectivity index (χ1v) is 6.77. The molecule has 0 spiro atoms. The van der Waals surface area contributed by atoms with Crippen molar-refractivity contribution in [3.63, 3.8) is 0 Å². The van der Waals surface area contributed by atoms with Crippen LogP contribution in [0.25, 0.3) is 0 Å². The highest BCUT2D eigenvalue weighted by atomic mass is 35.5. The fourth-order valence-corrected chi connectivity index (χ4v) is 3.21. The molecule has 0 radical (unpaired) electrons. The molecule has 2 atom stereocenters. The van der Waals surface area contributed by atoms with E-state index in [4.69, 9.17) is 11.6 Å². The highest BCUT2D eigenvalue weighted by molar-refractivity contribution is 7.99. The lowest BCUT2D eigenvalue weighted by atomic mass is 10.2. The molecule has 1 aliphatic rings. The van der Waals surface area contributed by atoms with Crippen molar-refractivity contribution in [3.05, 3.63) is 5.82 Å². The number of alkyl halides is 1. The molecule has 1 aliphatic heterocycles. The fraction of sp³-hybridized carbons (Fsp3) is 0.889. The maximum Gasteiger partial charge on any atom is 0.168 e. The Kier molecular flexibility index (Phi) is 3.86. The van der Waals surface area contributed by atoms with Gasteiger partial charge in [0.15, 0.2) is 5.82 Å². The molecule has 15 heavy (non-hydrogen) atoms. The van der Waals surface area contributed by atoms with Crippen LogP contribution in [0.1, 0.15) is 37.4 Å². The molecule has 1 aromatic rings. The maximum atomic E-state index is 6.00. The molecule has 84 valence electrons. The van der Waals surface area contributed by atoms with Crippen molar-refractivity contribution >= 4 is 23.4 Å². The van der Waals surface area contributed by atoms with Crippen molar-refractivity contribution in [1.82, 2.24) is 20.2 Å². The standard InChI is InChI=1S/C9H15ClN4S/c1-7(10)9-11-12-13-14(9)6-8-4-2-3-5-15-8/h7-8H,2-6H2,1H3. The average molecular weight is 247 g/mol. The lowest BCUT2D eigenvalue weighted by molar-refractivity contribution is 0.515. The lowest BCUT2D eigenvalue weighted by Gasteiger charge is -2.21. The molecule has 1 saturated heterocycles. The molecule has 6 heteroatoms. The van der Waals surface area contributed by atoms with Gasteiger partial charge in [-0.2, -0.15) is 11.8 Å². The third-order valence-electron chi connectivity index (χ3n) is 2.57. The Bertz CT molecular complexity index is 309. The number of aromatic nitrogens is 4. The van der Waals surface area contributed by atoms with Crippen LogP contribution in [0.4, 0.5) is 0 Å². The second-order valence-electron chi connectivity index (χ2n) is 3.82. The van der Waals surface area contributed by atoms with E-state index in [2.05, 4.69) is 15.5 Å². The number of halogens is 1. The summed E-state index contributed by atoms with van der Waals surface area (Å²) in [4.78, 5) is 0. The first-order valence-electron chi connectivity index (χ1n) is 5.29. The molecular formula is C9H15ClN4S. The van der Waals surface area contributed by atoms with E-state index in [-0.39, 0.29) is 5.38 Å². The van der Waals surface area contributed by atoms with Crippen molar-refractivity contribution in [2.45, 2.75) is 43.4 Å². The largest absolute Gasteiger partial charge is 0.227 e. The minimum atomic E-state index is -0.117. The van der Waals surface area contributed by atoms with Crippen LogP contribution in [0.15, 0.2) is 0 Å². The molecule has 0 N–H and O–H groups in total. The van der Waals surface area contributed by atoms with Crippen LogP contribution in [-0.2, 0) is 6.54 Å². The minimum Gasteiger partial charge on any atom is -0.227 e. The number of thioether (sulfide) groups is 1. The summed E-state index contributed by atoms with van der Waals surface area (Å²) >= 11 is 8.02. The molecule has 2 unspecified atom stereocenters. The molecule has 0 aliphatic carbocycles. The molecule has 0 bridgehead atoms. The van der Waals surface area contributed by atoms with E-state index in [0.29, 0.717) is 5.25 Å². The van der Waals surface area contributed by atoms with E-state index < -0.39 is 0 Å². The third-order valence-corrected chi connectivity index (χ3v) is 4.14. The molecule has 4 nitrogen and oxygen atoms in total. The van der Waals surface area contributed by atoms with Crippen molar-refractivity contribution < 1.29 is 0 Å². The van der Waals surface area contributed by atoms with Gasteiger partial charge in [-0.15, -0.1) is 16.7 Å². The smallest absolute Gasteiger partial charge is 0.168 e. The van der Waals surface area contributed by atoms with Gasteiger partial charge in [0.05, 0.1) is 11.9 Å². The fourth-order valence-electron chi connectivity index (χ4n) is 1.77. The SMILES string of the molecule is CC(Cl)c1nnnn1CC1CCCCS1. The van der Waals surface area contributed by atoms with E-state index in [1.807, 2.05) is 23.4 Å². The Hall–Kier alpha value is -0.290. The summed E-state index contributed by atoms with van der Waals surface area (Å²) in [7, 11) is 0. The zero-order chi connectivity index (χ0) is 10.7. The topological polar surface area (TPSA) is 43.6 Å². The van der Waals surface area contributed by atoms with E-state index in [0.717, 1.165) is 12.4 Å². The molecular weight excluding hydrogens is 232 g/mol. The summed E-state index contributed by atoms with van der Waals surface area (Å²) in [6, 6.07) is 0. The normalized spacial score (nSPS) is 24.0. The molecule has 0 saturated carbocycles. The molecule has 2 heterocycles. The summed E-state index contributed by atoms with van der Waals surface area (Å²) in [5.74, 6) is 2.04. The van der Waals surface area contributed by atoms with Gasteiger partial charge >= 0.3 is 0 Å². The number of hydrogen-bond acceptors (Lipinski definition) is 4. The highest BCUT2D eigenvalue weighted by Crippen LogP contribution is 2.27. The third kappa shape index (κ3) is 2.84. The zero-order valence-electron chi connectivity index (χ0n) is 8.77. The predicted molar refractivity (Wildman–Crippen MR) is 62.2 cm³/mol. The van der Waals surface area contributed by atoms with Crippen LogP contribution in [0, 0.1) is 0 Å². The summed E-state index contributed by atoms with van der Waals surface area (Å²) in [6.45, 7) is 2.79. The van der Waals surface area contributed by atoms with Gasteiger partial charge in [0.25, 0.3) is 0 Å². The molecule has 0 amide bonds. The monoisotopic (exact) mass is 246 g/mol. The number of rotatable bonds is 3. The molecule has 2 rings (SSSR count). The second kappa shape index (κ2) is 5.16. The van der Waals surface area contributed by atoms with Gasteiger partial charge in [-0.3, -0.25) is 0 Å². The van der Waals surface area contributed by atoms with Crippen LogP contribution in [0.2, 0.25) is 0 Å². The predicted octanol–water partition coefficient (Wildman–Crippen LogP) is 2.26. The van der Waals surface area contributed by atoms with Gasteiger partial charge < -0.3 is 0 Å². The molecule has 0 aromatic carbocycles. The van der Waals surface area contributed by atoms with E-state index in [1.165, 1.54) is 25.0 Å². The number of tetrazole rings is 1. The van der Waals surface area contributed by atoms with Gasteiger partial charge in [0.1, 0.15) is 0 Å². The zero-order valence-corrected chi connectivity index (χ0v) is 10.3. The lowest BCUT2D eigenvalue weighted by Crippen LogP contribution is -2.19. The van der Waals surface area contributed by atoms with E-state index in [1.54, 1.807) is 0 Å². The van der Waals surface area contributed by atoms with Crippen LogP contribution in [0.5, 0.6) is 0 Å². The van der Waals surface area contributed by atoms with Crippen LogP contribution in [0.3, 0.4) is 0 Å². The van der Waals surface area contributed by atoms with Gasteiger partial charge in [0.2, 0.25) is 0 Å². The Labute approximate surface area is 98.8 Å². The number of nitrogens with zero attached hydrogens (tertiary/aromatic N) is 4. The summed E-state index contributed by atoms with van der Waals surface area (Å²) < 4.78 is 1.85. The Balaban J connectivity index is 1.99. The van der Waals surface area contributed by atoms with E-state index >= 15 is 0 Å². The van der Waals surface area contributed by atoms with Crippen LogP contribution in [-0.4, -0.2) is 31.2 Å². The van der Waals surface area contributed by atoms with Crippen molar-refractivity contribution in [2.75, 3.05) is 5.75 Å².